The topological polar surface area (TPSA) is 88.9 Å². The van der Waals surface area contributed by atoms with Crippen molar-refractivity contribution in [1.82, 2.24) is 20.1 Å². The molecule has 0 unspecified atom stereocenters. The quantitative estimate of drug-likeness (QED) is 0.284. The van der Waals surface area contributed by atoms with Crippen LogP contribution in [0.3, 0.4) is 0 Å². The van der Waals surface area contributed by atoms with Gasteiger partial charge in [-0.05, 0) is 99.2 Å². The van der Waals surface area contributed by atoms with Crippen LogP contribution in [0.2, 0.25) is 0 Å². The molecule has 7 nitrogen and oxygen atoms in total. The number of hydrogen-bond acceptors (Lipinski definition) is 5. The highest BCUT2D eigenvalue weighted by Gasteiger charge is 2.19. The number of carbonyl (C=O) groups is 2. The molecule has 2 amide bonds. The Morgan fingerprint density at radius 2 is 1.61 bits per heavy atom. The molecule has 4 aromatic rings. The van der Waals surface area contributed by atoms with Gasteiger partial charge in [-0.25, -0.2) is 0 Å². The summed E-state index contributed by atoms with van der Waals surface area (Å²) in [5, 5.41) is 15.4. The number of carbonyl (C=O) groups excluding carboxylic acids is 2. The Hall–Kier alpha value is -3.91. The zero-order chi connectivity index (χ0) is 27.4. The summed E-state index contributed by atoms with van der Waals surface area (Å²) in [4.78, 5) is 25.7. The minimum absolute atomic E-state index is 0.121. The minimum atomic E-state index is -0.175. The Balaban J connectivity index is 1.56. The van der Waals surface area contributed by atoms with Crippen LogP contribution in [0.1, 0.15) is 49.6 Å². The van der Waals surface area contributed by atoms with Gasteiger partial charge in [-0.15, -0.1) is 10.2 Å². The summed E-state index contributed by atoms with van der Waals surface area (Å²) in [5.74, 6) is 0.466. The van der Waals surface area contributed by atoms with Gasteiger partial charge in [-0.3, -0.25) is 14.2 Å². The maximum atomic E-state index is 12.9. The van der Waals surface area contributed by atoms with Gasteiger partial charge in [0.05, 0.1) is 18.0 Å². The lowest BCUT2D eigenvalue weighted by molar-refractivity contribution is -0.113. The van der Waals surface area contributed by atoms with E-state index in [1.807, 2.05) is 87.7 Å². The SMILES string of the molecule is Cc1ccc(C)c(NC(=O)CSc2nnc(CNC(=O)c3ccc(C)c(C)c3)n2-c2cccc(C)c2C)c1. The summed E-state index contributed by atoms with van der Waals surface area (Å²) in [6.07, 6.45) is 0. The second kappa shape index (κ2) is 11.6. The molecule has 4 rings (SSSR count). The van der Waals surface area contributed by atoms with Gasteiger partial charge in [-0.1, -0.05) is 42.1 Å². The average Bonchev–Trinajstić information content (AvgIpc) is 3.29. The van der Waals surface area contributed by atoms with Crippen LogP contribution < -0.4 is 10.6 Å². The second-order valence-electron chi connectivity index (χ2n) is 9.59. The summed E-state index contributed by atoms with van der Waals surface area (Å²) in [7, 11) is 0. The molecule has 0 fully saturated rings. The second-order valence-corrected chi connectivity index (χ2v) is 10.5. The van der Waals surface area contributed by atoms with Gasteiger partial charge in [0, 0.05) is 11.3 Å². The third kappa shape index (κ3) is 6.14. The molecule has 3 aromatic carbocycles. The Labute approximate surface area is 228 Å². The van der Waals surface area contributed by atoms with Crippen LogP contribution in [0, 0.1) is 41.5 Å². The van der Waals surface area contributed by atoms with Crippen molar-refractivity contribution in [3.8, 4) is 5.69 Å². The molecule has 0 bridgehead atoms. The van der Waals surface area contributed by atoms with E-state index in [-0.39, 0.29) is 24.1 Å². The highest BCUT2D eigenvalue weighted by molar-refractivity contribution is 7.99. The molecule has 1 heterocycles. The lowest BCUT2D eigenvalue weighted by Gasteiger charge is -2.15. The number of thioether (sulfide) groups is 1. The van der Waals surface area contributed by atoms with Crippen molar-refractivity contribution in [2.24, 2.45) is 0 Å². The van der Waals surface area contributed by atoms with Crippen molar-refractivity contribution in [3.05, 3.63) is 99.4 Å². The average molecular weight is 528 g/mol. The van der Waals surface area contributed by atoms with E-state index in [1.165, 1.54) is 11.8 Å². The van der Waals surface area contributed by atoms with E-state index in [9.17, 15) is 9.59 Å². The fourth-order valence-corrected chi connectivity index (χ4v) is 4.82. The maximum absolute atomic E-state index is 12.9. The summed E-state index contributed by atoms with van der Waals surface area (Å²) >= 11 is 1.31. The molecule has 1 aromatic heterocycles. The predicted molar refractivity (Wildman–Crippen MR) is 153 cm³/mol. The van der Waals surface area contributed by atoms with Crippen LogP contribution >= 0.6 is 11.8 Å². The number of aryl methyl sites for hydroxylation is 5. The van der Waals surface area contributed by atoms with E-state index in [0.29, 0.717) is 16.5 Å². The van der Waals surface area contributed by atoms with Gasteiger partial charge in [0.1, 0.15) is 0 Å². The summed E-state index contributed by atoms with van der Waals surface area (Å²) < 4.78 is 1.93. The van der Waals surface area contributed by atoms with E-state index in [2.05, 4.69) is 33.8 Å². The van der Waals surface area contributed by atoms with Crippen molar-refractivity contribution < 1.29 is 9.59 Å². The molecule has 0 saturated heterocycles. The Kier molecular flexibility index (Phi) is 8.32. The van der Waals surface area contributed by atoms with E-state index >= 15 is 0 Å². The number of rotatable bonds is 8. The van der Waals surface area contributed by atoms with E-state index in [1.54, 1.807) is 0 Å². The molecule has 0 aliphatic heterocycles. The van der Waals surface area contributed by atoms with Crippen molar-refractivity contribution in [1.29, 1.82) is 0 Å². The van der Waals surface area contributed by atoms with Crippen LogP contribution in [-0.2, 0) is 11.3 Å². The molecule has 0 atom stereocenters. The fourth-order valence-electron chi connectivity index (χ4n) is 4.06. The molecular formula is C30H33N5O2S. The Bertz CT molecular complexity index is 1510. The monoisotopic (exact) mass is 527 g/mol. The van der Waals surface area contributed by atoms with Crippen LogP contribution in [-0.4, -0.2) is 32.3 Å². The van der Waals surface area contributed by atoms with Gasteiger partial charge in [0.15, 0.2) is 11.0 Å². The number of nitrogens with zero attached hydrogens (tertiary/aromatic N) is 3. The molecule has 8 heteroatoms. The number of nitrogens with one attached hydrogen (secondary N) is 2. The highest BCUT2D eigenvalue weighted by atomic mass is 32.2. The smallest absolute Gasteiger partial charge is 0.251 e. The third-order valence-corrected chi connectivity index (χ3v) is 7.62. The van der Waals surface area contributed by atoms with Gasteiger partial charge >= 0.3 is 0 Å². The number of amides is 2. The molecule has 0 spiro atoms. The number of aromatic nitrogens is 3. The molecule has 0 saturated carbocycles. The first-order chi connectivity index (χ1) is 18.1. The first-order valence-corrected chi connectivity index (χ1v) is 13.5. The molecule has 2 N–H and O–H groups in total. The molecule has 0 aliphatic carbocycles. The normalized spacial score (nSPS) is 10.9. The number of benzene rings is 3. The van der Waals surface area contributed by atoms with Crippen molar-refractivity contribution in [2.45, 2.75) is 53.2 Å². The summed E-state index contributed by atoms with van der Waals surface area (Å²) in [5.41, 5.74) is 8.83. The number of hydrogen-bond donors (Lipinski definition) is 2. The van der Waals surface area contributed by atoms with Crippen molar-refractivity contribution >= 4 is 29.3 Å². The van der Waals surface area contributed by atoms with E-state index < -0.39 is 0 Å². The molecule has 0 radical (unpaired) electrons. The third-order valence-electron chi connectivity index (χ3n) is 6.69. The van der Waals surface area contributed by atoms with Gasteiger partial charge in [0.2, 0.25) is 5.91 Å². The summed E-state index contributed by atoms with van der Waals surface area (Å²) in [6, 6.07) is 17.7. The Morgan fingerprint density at radius 1 is 0.842 bits per heavy atom. The van der Waals surface area contributed by atoms with Crippen LogP contribution in [0.15, 0.2) is 59.8 Å². The van der Waals surface area contributed by atoms with Gasteiger partial charge in [0.25, 0.3) is 5.91 Å². The summed E-state index contributed by atoms with van der Waals surface area (Å²) in [6.45, 7) is 12.3. The van der Waals surface area contributed by atoms with Crippen LogP contribution in [0.4, 0.5) is 5.69 Å². The largest absolute Gasteiger partial charge is 0.345 e. The van der Waals surface area contributed by atoms with E-state index in [4.69, 9.17) is 0 Å². The highest BCUT2D eigenvalue weighted by Crippen LogP contribution is 2.26. The van der Waals surface area contributed by atoms with Crippen LogP contribution in [0.25, 0.3) is 5.69 Å². The zero-order valence-electron chi connectivity index (χ0n) is 22.7. The standard InChI is InChI=1S/C30H33N5O2S/c1-18-10-11-21(4)25(14-18)32-28(36)17-38-30-34-33-27(35(30)26-9-7-8-20(3)23(26)6)16-31-29(37)24-13-12-19(2)22(5)15-24/h7-15H,16-17H2,1-6H3,(H,31,37)(H,32,36). The van der Waals surface area contributed by atoms with Crippen molar-refractivity contribution in [2.75, 3.05) is 11.1 Å². The fraction of sp³-hybridized carbons (Fsp3) is 0.267. The lowest BCUT2D eigenvalue weighted by Crippen LogP contribution is -2.25. The first-order valence-electron chi connectivity index (χ1n) is 12.5. The number of anilines is 1. The van der Waals surface area contributed by atoms with Crippen molar-refractivity contribution in [3.63, 3.8) is 0 Å². The minimum Gasteiger partial charge on any atom is -0.345 e. The van der Waals surface area contributed by atoms with Gasteiger partial charge < -0.3 is 10.6 Å². The Morgan fingerprint density at radius 3 is 2.37 bits per heavy atom. The maximum Gasteiger partial charge on any atom is 0.251 e. The zero-order valence-corrected chi connectivity index (χ0v) is 23.5. The molecule has 196 valence electrons. The first kappa shape index (κ1) is 27.1. The van der Waals surface area contributed by atoms with Crippen LogP contribution in [0.5, 0.6) is 0 Å². The lowest BCUT2D eigenvalue weighted by atomic mass is 10.1. The molecule has 38 heavy (non-hydrogen) atoms. The molecular weight excluding hydrogens is 494 g/mol. The van der Waals surface area contributed by atoms with Gasteiger partial charge in [-0.2, -0.15) is 0 Å². The predicted octanol–water partition coefficient (Wildman–Crippen LogP) is 5.78. The van der Waals surface area contributed by atoms with E-state index in [0.717, 1.165) is 44.8 Å². The molecule has 0 aliphatic rings.